The van der Waals surface area contributed by atoms with Gasteiger partial charge in [0.1, 0.15) is 5.60 Å². The van der Waals surface area contributed by atoms with Crippen LogP contribution in [0.2, 0.25) is 0 Å². The second-order valence-electron chi connectivity index (χ2n) is 5.15. The van der Waals surface area contributed by atoms with E-state index in [1.165, 1.54) is 18.7 Å². The van der Waals surface area contributed by atoms with Crippen molar-refractivity contribution < 1.29 is 9.90 Å². The zero-order valence-corrected chi connectivity index (χ0v) is 13.0. The van der Waals surface area contributed by atoms with Gasteiger partial charge in [-0.05, 0) is 37.6 Å². The largest absolute Gasteiger partial charge is 0.379 e. The second-order valence-corrected chi connectivity index (χ2v) is 6.17. The summed E-state index contributed by atoms with van der Waals surface area (Å²) in [5, 5.41) is 13.1. The number of carbonyl (C=O) groups excluding carboxylic acids is 1. The minimum Gasteiger partial charge on any atom is -0.379 e. The van der Waals surface area contributed by atoms with Gasteiger partial charge in [0.05, 0.1) is 0 Å². The molecule has 110 valence electrons. The van der Waals surface area contributed by atoms with Crippen molar-refractivity contribution in [3.8, 4) is 0 Å². The van der Waals surface area contributed by atoms with Gasteiger partial charge in [0.2, 0.25) is 0 Å². The van der Waals surface area contributed by atoms with E-state index in [-0.39, 0.29) is 0 Å². The van der Waals surface area contributed by atoms with Gasteiger partial charge >= 0.3 is 0 Å². The molecule has 0 spiro atoms. The molecule has 0 aromatic heterocycles. The van der Waals surface area contributed by atoms with Crippen LogP contribution in [0.4, 0.5) is 5.69 Å². The van der Waals surface area contributed by atoms with Crippen LogP contribution < -0.4 is 5.32 Å². The Kier molecular flexibility index (Phi) is 5.04. The van der Waals surface area contributed by atoms with Crippen LogP contribution in [0.1, 0.15) is 12.5 Å². The summed E-state index contributed by atoms with van der Waals surface area (Å²) < 4.78 is 0. The Morgan fingerprint density at radius 2 is 1.76 bits per heavy atom. The van der Waals surface area contributed by atoms with Crippen LogP contribution in [0.15, 0.2) is 59.5 Å². The summed E-state index contributed by atoms with van der Waals surface area (Å²) in [6.45, 7) is 3.55. The first-order chi connectivity index (χ1) is 9.99. The summed E-state index contributed by atoms with van der Waals surface area (Å²) in [5.41, 5.74) is 0.397. The quantitative estimate of drug-likeness (QED) is 0.831. The van der Waals surface area contributed by atoms with E-state index < -0.39 is 11.5 Å². The van der Waals surface area contributed by atoms with Gasteiger partial charge < -0.3 is 10.4 Å². The first-order valence-corrected chi connectivity index (χ1v) is 7.75. The lowest BCUT2D eigenvalue weighted by Crippen LogP contribution is -2.42. The third kappa shape index (κ3) is 4.34. The number of nitrogens with one attached hydrogen (secondary N) is 1. The smallest absolute Gasteiger partial charge is 0.256 e. The number of hydrogen-bond acceptors (Lipinski definition) is 3. The van der Waals surface area contributed by atoms with Crippen LogP contribution in [-0.2, 0) is 4.79 Å². The molecular weight excluding hydrogens is 282 g/mol. The minimum absolute atomic E-state index is 0.302. The molecule has 0 radical (unpaired) electrons. The predicted octanol–water partition coefficient (Wildman–Crippen LogP) is 3.48. The summed E-state index contributed by atoms with van der Waals surface area (Å²) >= 11 is 1.48. The highest BCUT2D eigenvalue weighted by molar-refractivity contribution is 7.99. The van der Waals surface area contributed by atoms with Crippen molar-refractivity contribution in [2.24, 2.45) is 0 Å². The molecule has 0 aliphatic rings. The molecule has 0 aliphatic carbocycles. The maximum Gasteiger partial charge on any atom is 0.256 e. The van der Waals surface area contributed by atoms with Gasteiger partial charge in [0, 0.05) is 16.3 Å². The zero-order valence-electron chi connectivity index (χ0n) is 12.2. The van der Waals surface area contributed by atoms with E-state index in [0.717, 1.165) is 10.5 Å². The van der Waals surface area contributed by atoms with Gasteiger partial charge in [0.25, 0.3) is 5.91 Å². The average Bonchev–Trinajstić information content (AvgIpc) is 2.47. The Hall–Kier alpha value is -1.78. The van der Waals surface area contributed by atoms with E-state index in [2.05, 4.69) is 5.32 Å². The fourth-order valence-electron chi connectivity index (χ4n) is 1.79. The lowest BCUT2D eigenvalue weighted by Gasteiger charge is -2.22. The molecule has 0 heterocycles. The maximum absolute atomic E-state index is 12.2. The standard InChI is InChI=1S/C17H19NO2S/c1-13-8-6-7-11-15(13)21-12-17(2,20)16(19)18-14-9-4-3-5-10-14/h3-11,20H,12H2,1-2H3,(H,18,19)/t17-/m1/s1. The number of aryl methyl sites for hydroxylation is 1. The molecule has 3 nitrogen and oxygen atoms in total. The van der Waals surface area contributed by atoms with Crippen molar-refractivity contribution in [1.29, 1.82) is 0 Å². The molecule has 0 aliphatic heterocycles. The monoisotopic (exact) mass is 301 g/mol. The molecule has 4 heteroatoms. The predicted molar refractivity (Wildman–Crippen MR) is 87.6 cm³/mol. The summed E-state index contributed by atoms with van der Waals surface area (Å²) in [6, 6.07) is 17.1. The van der Waals surface area contributed by atoms with Crippen molar-refractivity contribution in [3.05, 3.63) is 60.2 Å². The molecule has 0 saturated heterocycles. The number of benzene rings is 2. The minimum atomic E-state index is -1.43. The summed E-state index contributed by atoms with van der Waals surface area (Å²) in [7, 11) is 0. The number of thioether (sulfide) groups is 1. The number of aliphatic hydroxyl groups is 1. The topological polar surface area (TPSA) is 49.3 Å². The van der Waals surface area contributed by atoms with E-state index >= 15 is 0 Å². The van der Waals surface area contributed by atoms with E-state index in [1.807, 2.05) is 49.4 Å². The Labute approximate surface area is 129 Å². The van der Waals surface area contributed by atoms with Crippen molar-refractivity contribution in [2.45, 2.75) is 24.3 Å². The second kappa shape index (κ2) is 6.78. The highest BCUT2D eigenvalue weighted by Crippen LogP contribution is 2.26. The summed E-state index contributed by atoms with van der Waals surface area (Å²) in [4.78, 5) is 13.2. The first kappa shape index (κ1) is 15.6. The molecule has 2 aromatic carbocycles. The highest BCUT2D eigenvalue weighted by Gasteiger charge is 2.30. The number of hydrogen-bond donors (Lipinski definition) is 2. The van der Waals surface area contributed by atoms with Gasteiger partial charge in [-0.15, -0.1) is 11.8 Å². The number of para-hydroxylation sites is 1. The first-order valence-electron chi connectivity index (χ1n) is 6.76. The van der Waals surface area contributed by atoms with E-state index in [0.29, 0.717) is 11.4 Å². The van der Waals surface area contributed by atoms with Crippen molar-refractivity contribution >= 4 is 23.4 Å². The van der Waals surface area contributed by atoms with Crippen LogP contribution >= 0.6 is 11.8 Å². The number of amides is 1. The van der Waals surface area contributed by atoms with Gasteiger partial charge in [-0.2, -0.15) is 0 Å². The SMILES string of the molecule is Cc1ccccc1SC[C@@](C)(O)C(=O)Nc1ccccc1. The molecule has 0 unspecified atom stereocenters. The molecule has 21 heavy (non-hydrogen) atoms. The molecule has 2 rings (SSSR count). The molecule has 0 fully saturated rings. The Morgan fingerprint density at radius 1 is 1.14 bits per heavy atom. The Bertz CT molecular complexity index is 611. The van der Waals surface area contributed by atoms with E-state index in [9.17, 15) is 9.90 Å². The van der Waals surface area contributed by atoms with Crippen LogP contribution in [0.3, 0.4) is 0 Å². The third-order valence-electron chi connectivity index (χ3n) is 3.12. The molecule has 1 amide bonds. The van der Waals surface area contributed by atoms with Crippen LogP contribution in [0.5, 0.6) is 0 Å². The lowest BCUT2D eigenvalue weighted by atomic mass is 10.1. The number of rotatable bonds is 5. The third-order valence-corrected chi connectivity index (χ3v) is 4.60. The normalized spacial score (nSPS) is 13.5. The fraction of sp³-hybridized carbons (Fsp3) is 0.235. The molecular formula is C17H19NO2S. The Morgan fingerprint density at radius 3 is 2.43 bits per heavy atom. The number of carbonyl (C=O) groups is 1. The van der Waals surface area contributed by atoms with Gasteiger partial charge in [-0.25, -0.2) is 0 Å². The van der Waals surface area contributed by atoms with Gasteiger partial charge in [0.15, 0.2) is 0 Å². The van der Waals surface area contributed by atoms with Crippen LogP contribution in [0.25, 0.3) is 0 Å². The van der Waals surface area contributed by atoms with Crippen molar-refractivity contribution in [1.82, 2.24) is 0 Å². The molecule has 2 N–H and O–H groups in total. The average molecular weight is 301 g/mol. The van der Waals surface area contributed by atoms with E-state index in [4.69, 9.17) is 0 Å². The molecule has 1 atom stereocenters. The summed E-state index contributed by atoms with van der Waals surface area (Å²) in [5.74, 6) is -0.0916. The molecule has 0 bridgehead atoms. The maximum atomic E-state index is 12.2. The summed E-state index contributed by atoms with van der Waals surface area (Å²) in [6.07, 6.45) is 0. The highest BCUT2D eigenvalue weighted by atomic mass is 32.2. The zero-order chi connectivity index (χ0) is 15.3. The fourth-order valence-corrected chi connectivity index (χ4v) is 2.83. The van der Waals surface area contributed by atoms with Crippen LogP contribution in [0, 0.1) is 6.92 Å². The molecule has 0 saturated carbocycles. The van der Waals surface area contributed by atoms with Gasteiger partial charge in [-0.3, -0.25) is 4.79 Å². The Balaban J connectivity index is 1.98. The van der Waals surface area contributed by atoms with Crippen molar-refractivity contribution in [3.63, 3.8) is 0 Å². The lowest BCUT2D eigenvalue weighted by molar-refractivity contribution is -0.130. The number of anilines is 1. The van der Waals surface area contributed by atoms with Crippen molar-refractivity contribution in [2.75, 3.05) is 11.1 Å². The molecule has 2 aromatic rings. The van der Waals surface area contributed by atoms with Crippen LogP contribution in [-0.4, -0.2) is 22.4 Å². The van der Waals surface area contributed by atoms with E-state index in [1.54, 1.807) is 12.1 Å². The van der Waals surface area contributed by atoms with Gasteiger partial charge in [-0.1, -0.05) is 36.4 Å².